The Bertz CT molecular complexity index is 354. The third-order valence-electron chi connectivity index (χ3n) is 5.20. The first-order valence-corrected chi connectivity index (χ1v) is 7.92. The number of hydrogen-bond donors (Lipinski definition) is 0. The van der Waals surface area contributed by atoms with Gasteiger partial charge in [0, 0.05) is 0 Å². The van der Waals surface area contributed by atoms with Crippen LogP contribution >= 0.6 is 0 Å². The molecule has 2 saturated carbocycles. The largest absolute Gasteiger partial charge is 0.198 e. The zero-order valence-corrected chi connectivity index (χ0v) is 12.1. The standard InChI is InChI=1S/C17H25N2/c1-2-3-13-4-6-14(7-5-13)15-8-9-16(11-18)17(10-15)12-19/h13-14,16-17H,2-10H2,1H3. The molecular weight excluding hydrogens is 232 g/mol. The molecule has 2 fully saturated rings. The summed E-state index contributed by atoms with van der Waals surface area (Å²) in [6, 6.07) is 4.68. The van der Waals surface area contributed by atoms with Crippen LogP contribution in [0.5, 0.6) is 0 Å². The van der Waals surface area contributed by atoms with Gasteiger partial charge in [-0.25, -0.2) is 0 Å². The SMILES string of the molecule is CCCC1CCC([C]2CCC(C#N)C(C#N)C2)CC1. The lowest BCUT2D eigenvalue weighted by molar-refractivity contribution is 0.231. The van der Waals surface area contributed by atoms with E-state index in [-0.39, 0.29) is 11.8 Å². The second-order valence-corrected chi connectivity index (χ2v) is 6.38. The number of nitrogens with zero attached hydrogens (tertiary/aromatic N) is 2. The lowest BCUT2D eigenvalue weighted by atomic mass is 9.66. The fourth-order valence-corrected chi connectivity index (χ4v) is 4.00. The molecule has 2 rings (SSSR count). The minimum absolute atomic E-state index is 0.0230. The van der Waals surface area contributed by atoms with E-state index < -0.39 is 0 Å². The van der Waals surface area contributed by atoms with Gasteiger partial charge in [-0.05, 0) is 49.9 Å². The van der Waals surface area contributed by atoms with Crippen LogP contribution in [-0.2, 0) is 0 Å². The maximum absolute atomic E-state index is 9.21. The van der Waals surface area contributed by atoms with Gasteiger partial charge in [0.05, 0.1) is 24.0 Å². The Morgan fingerprint density at radius 3 is 2.26 bits per heavy atom. The van der Waals surface area contributed by atoms with Crippen molar-refractivity contribution in [1.82, 2.24) is 0 Å². The number of rotatable bonds is 3. The Hall–Kier alpha value is -1.02. The Morgan fingerprint density at radius 2 is 1.68 bits per heavy atom. The van der Waals surface area contributed by atoms with E-state index in [1.54, 1.807) is 5.92 Å². The summed E-state index contributed by atoms with van der Waals surface area (Å²) in [4.78, 5) is 0. The Balaban J connectivity index is 1.84. The van der Waals surface area contributed by atoms with Crippen LogP contribution in [0.2, 0.25) is 0 Å². The molecule has 0 aliphatic heterocycles. The molecule has 0 amide bonds. The van der Waals surface area contributed by atoms with Crippen molar-refractivity contribution in [2.24, 2.45) is 23.7 Å². The molecule has 0 aromatic heterocycles. The molecule has 0 aromatic carbocycles. The zero-order chi connectivity index (χ0) is 13.7. The normalized spacial score (nSPS) is 36.4. The van der Waals surface area contributed by atoms with Crippen molar-refractivity contribution in [1.29, 1.82) is 10.5 Å². The van der Waals surface area contributed by atoms with E-state index in [0.29, 0.717) is 0 Å². The molecule has 2 nitrogen and oxygen atoms in total. The van der Waals surface area contributed by atoms with Gasteiger partial charge in [-0.3, -0.25) is 0 Å². The molecular formula is C17H25N2. The van der Waals surface area contributed by atoms with E-state index in [0.717, 1.165) is 31.1 Å². The highest BCUT2D eigenvalue weighted by atomic mass is 14.4. The van der Waals surface area contributed by atoms with Gasteiger partial charge < -0.3 is 0 Å². The first kappa shape index (κ1) is 14.4. The van der Waals surface area contributed by atoms with Gasteiger partial charge in [-0.15, -0.1) is 0 Å². The lowest BCUT2D eigenvalue weighted by Gasteiger charge is -2.37. The van der Waals surface area contributed by atoms with Crippen molar-refractivity contribution in [3.63, 3.8) is 0 Å². The molecule has 0 bridgehead atoms. The maximum Gasteiger partial charge on any atom is 0.0669 e. The molecule has 2 heteroatoms. The molecule has 0 aromatic rings. The van der Waals surface area contributed by atoms with Gasteiger partial charge in [-0.1, -0.05) is 32.6 Å². The molecule has 103 valence electrons. The summed E-state index contributed by atoms with van der Waals surface area (Å²) >= 11 is 0. The maximum atomic E-state index is 9.21. The van der Waals surface area contributed by atoms with Crippen LogP contribution in [-0.4, -0.2) is 0 Å². The van der Waals surface area contributed by atoms with Crippen molar-refractivity contribution >= 4 is 0 Å². The van der Waals surface area contributed by atoms with Crippen molar-refractivity contribution in [2.45, 2.75) is 64.7 Å². The van der Waals surface area contributed by atoms with Crippen LogP contribution in [0.25, 0.3) is 0 Å². The van der Waals surface area contributed by atoms with Crippen LogP contribution in [0.15, 0.2) is 0 Å². The highest BCUT2D eigenvalue weighted by Crippen LogP contribution is 2.45. The third-order valence-corrected chi connectivity index (χ3v) is 5.20. The molecule has 2 unspecified atom stereocenters. The molecule has 2 aliphatic rings. The average Bonchev–Trinajstić information content (AvgIpc) is 2.47. The topological polar surface area (TPSA) is 47.6 Å². The number of hydrogen-bond acceptors (Lipinski definition) is 2. The van der Waals surface area contributed by atoms with E-state index in [1.165, 1.54) is 38.5 Å². The molecule has 19 heavy (non-hydrogen) atoms. The minimum atomic E-state index is -0.0397. The summed E-state index contributed by atoms with van der Waals surface area (Å²) < 4.78 is 0. The molecule has 0 heterocycles. The Labute approximate surface area is 117 Å². The van der Waals surface area contributed by atoms with Crippen molar-refractivity contribution < 1.29 is 0 Å². The van der Waals surface area contributed by atoms with E-state index in [1.807, 2.05) is 0 Å². The summed E-state index contributed by atoms with van der Waals surface area (Å²) in [6.07, 6.45) is 11.0. The molecule has 0 saturated heterocycles. The Kier molecular flexibility index (Phi) is 5.26. The quantitative estimate of drug-likeness (QED) is 0.740. The third kappa shape index (κ3) is 3.50. The van der Waals surface area contributed by atoms with Crippen LogP contribution in [0.4, 0.5) is 0 Å². The van der Waals surface area contributed by atoms with Gasteiger partial charge in [0.25, 0.3) is 0 Å². The predicted octanol–water partition coefficient (Wildman–Crippen LogP) is 4.63. The minimum Gasteiger partial charge on any atom is -0.198 e. The number of nitriles is 2. The lowest BCUT2D eigenvalue weighted by Crippen LogP contribution is -2.28. The van der Waals surface area contributed by atoms with Gasteiger partial charge in [-0.2, -0.15) is 10.5 Å². The van der Waals surface area contributed by atoms with E-state index in [2.05, 4.69) is 19.1 Å². The first-order chi connectivity index (χ1) is 9.28. The fraction of sp³-hybridized carbons (Fsp3) is 0.824. The second kappa shape index (κ2) is 6.95. The van der Waals surface area contributed by atoms with Crippen LogP contribution in [0.1, 0.15) is 64.7 Å². The summed E-state index contributed by atoms with van der Waals surface area (Å²) in [7, 11) is 0. The summed E-state index contributed by atoms with van der Waals surface area (Å²) in [5, 5.41) is 18.3. The highest BCUT2D eigenvalue weighted by Gasteiger charge is 2.36. The van der Waals surface area contributed by atoms with Gasteiger partial charge in [0.1, 0.15) is 0 Å². The van der Waals surface area contributed by atoms with Gasteiger partial charge in [0.15, 0.2) is 0 Å². The summed E-state index contributed by atoms with van der Waals surface area (Å²) in [5.74, 6) is 3.24. The second-order valence-electron chi connectivity index (χ2n) is 6.38. The summed E-state index contributed by atoms with van der Waals surface area (Å²) in [6.45, 7) is 2.28. The molecule has 2 atom stereocenters. The summed E-state index contributed by atoms with van der Waals surface area (Å²) in [5.41, 5.74) is 0. The van der Waals surface area contributed by atoms with Crippen molar-refractivity contribution in [3.05, 3.63) is 5.92 Å². The molecule has 0 N–H and O–H groups in total. The predicted molar refractivity (Wildman–Crippen MR) is 75.7 cm³/mol. The Morgan fingerprint density at radius 1 is 1.00 bits per heavy atom. The smallest absolute Gasteiger partial charge is 0.0669 e. The van der Waals surface area contributed by atoms with Gasteiger partial charge >= 0.3 is 0 Å². The first-order valence-electron chi connectivity index (χ1n) is 7.92. The van der Waals surface area contributed by atoms with Crippen molar-refractivity contribution in [3.8, 4) is 12.1 Å². The molecule has 2 aliphatic carbocycles. The van der Waals surface area contributed by atoms with Crippen LogP contribution in [0, 0.1) is 52.3 Å². The van der Waals surface area contributed by atoms with Gasteiger partial charge in [0.2, 0.25) is 0 Å². The average molecular weight is 257 g/mol. The zero-order valence-electron chi connectivity index (χ0n) is 12.1. The van der Waals surface area contributed by atoms with Crippen LogP contribution < -0.4 is 0 Å². The van der Waals surface area contributed by atoms with E-state index >= 15 is 0 Å². The van der Waals surface area contributed by atoms with E-state index in [4.69, 9.17) is 5.26 Å². The molecule has 1 radical (unpaired) electrons. The fourth-order valence-electron chi connectivity index (χ4n) is 4.00. The van der Waals surface area contributed by atoms with Crippen molar-refractivity contribution in [2.75, 3.05) is 0 Å². The highest BCUT2D eigenvalue weighted by molar-refractivity contribution is 5.12. The van der Waals surface area contributed by atoms with E-state index in [9.17, 15) is 5.26 Å². The van der Waals surface area contributed by atoms with Crippen LogP contribution in [0.3, 0.4) is 0 Å². The molecule has 0 spiro atoms. The monoisotopic (exact) mass is 257 g/mol.